The third-order valence-corrected chi connectivity index (χ3v) is 4.22. The number of non-ortho nitro benzene ring substituents is 1. The number of nitro groups is 1. The Morgan fingerprint density at radius 1 is 0.769 bits per heavy atom. The molecule has 26 heavy (non-hydrogen) atoms. The van der Waals surface area contributed by atoms with E-state index in [1.807, 2.05) is 0 Å². The Labute approximate surface area is 168 Å². The molecule has 8 heteroatoms. The number of alkyl halides is 1. The van der Waals surface area contributed by atoms with Crippen molar-refractivity contribution in [1.29, 1.82) is 0 Å². The molecule has 0 fully saturated rings. The maximum Gasteiger partial charge on any atom is 0.269 e. The van der Waals surface area contributed by atoms with E-state index in [1.165, 1.54) is 35.8 Å². The lowest BCUT2D eigenvalue weighted by Gasteiger charge is -2.08. The van der Waals surface area contributed by atoms with Crippen molar-refractivity contribution in [3.05, 3.63) is 34.4 Å². The van der Waals surface area contributed by atoms with Crippen molar-refractivity contribution in [3.63, 3.8) is 0 Å². The van der Waals surface area contributed by atoms with Gasteiger partial charge in [0.15, 0.2) is 0 Å². The lowest BCUT2D eigenvalue weighted by atomic mass is 10.2. The molecule has 1 aromatic rings. The van der Waals surface area contributed by atoms with Crippen molar-refractivity contribution in [2.45, 2.75) is 25.7 Å². The van der Waals surface area contributed by atoms with E-state index in [1.54, 1.807) is 12.1 Å². The van der Waals surface area contributed by atoms with E-state index in [4.69, 9.17) is 18.9 Å². The second-order valence-electron chi connectivity index (χ2n) is 5.54. The minimum Gasteiger partial charge on any atom is -0.491 e. The van der Waals surface area contributed by atoms with E-state index >= 15 is 0 Å². The fourth-order valence-corrected chi connectivity index (χ4v) is 2.62. The second kappa shape index (κ2) is 16.2. The van der Waals surface area contributed by atoms with Gasteiger partial charge in [-0.25, -0.2) is 0 Å². The third kappa shape index (κ3) is 12.4. The molecule has 0 aliphatic rings. The van der Waals surface area contributed by atoms with Crippen LogP contribution < -0.4 is 4.74 Å². The van der Waals surface area contributed by atoms with Crippen molar-refractivity contribution in [2.24, 2.45) is 0 Å². The summed E-state index contributed by atoms with van der Waals surface area (Å²) in [5, 5.41) is 10.5. The van der Waals surface area contributed by atoms with Crippen LogP contribution in [0, 0.1) is 10.1 Å². The van der Waals surface area contributed by atoms with Gasteiger partial charge in [-0.05, 0) is 29.4 Å². The molecule has 0 N–H and O–H groups in total. The van der Waals surface area contributed by atoms with Crippen LogP contribution in [0.3, 0.4) is 0 Å². The Kier molecular flexibility index (Phi) is 14.4. The largest absolute Gasteiger partial charge is 0.491 e. The van der Waals surface area contributed by atoms with Crippen molar-refractivity contribution in [1.82, 2.24) is 0 Å². The molecule has 0 radical (unpaired) electrons. The van der Waals surface area contributed by atoms with E-state index < -0.39 is 4.92 Å². The summed E-state index contributed by atoms with van der Waals surface area (Å²) in [6.45, 7) is 3.86. The quantitative estimate of drug-likeness (QED) is 0.110. The van der Waals surface area contributed by atoms with Crippen LogP contribution in [0.1, 0.15) is 25.7 Å². The molecule has 0 heterocycles. The van der Waals surface area contributed by atoms with E-state index in [-0.39, 0.29) is 5.69 Å². The van der Waals surface area contributed by atoms with E-state index in [0.29, 0.717) is 45.4 Å². The maximum atomic E-state index is 10.5. The molecule has 0 spiro atoms. The molecule has 1 aromatic carbocycles. The van der Waals surface area contributed by atoms with Gasteiger partial charge in [0.05, 0.1) is 38.0 Å². The zero-order chi connectivity index (χ0) is 18.9. The molecule has 0 aliphatic heterocycles. The first-order valence-corrected chi connectivity index (χ1v) is 10.4. The summed E-state index contributed by atoms with van der Waals surface area (Å²) >= 11 is 2.41. The van der Waals surface area contributed by atoms with E-state index in [0.717, 1.165) is 13.0 Å². The van der Waals surface area contributed by atoms with Crippen molar-refractivity contribution in [2.75, 3.05) is 50.7 Å². The molecular formula is C18H28INO6. The molecule has 0 amide bonds. The first-order chi connectivity index (χ1) is 12.7. The SMILES string of the molecule is O=[N+]([O-])c1ccc(OCCOCCOCCOCCCCCCI)cc1. The number of unbranched alkanes of at least 4 members (excludes halogenated alkanes) is 3. The molecule has 0 aliphatic carbocycles. The number of benzene rings is 1. The van der Waals surface area contributed by atoms with Gasteiger partial charge in [0.25, 0.3) is 5.69 Å². The molecule has 0 aromatic heterocycles. The van der Waals surface area contributed by atoms with Gasteiger partial charge in [-0.2, -0.15) is 0 Å². The normalized spacial score (nSPS) is 10.8. The first-order valence-electron chi connectivity index (χ1n) is 8.90. The minimum absolute atomic E-state index is 0.0472. The van der Waals surface area contributed by atoms with Crippen molar-refractivity contribution in [3.8, 4) is 5.75 Å². The van der Waals surface area contributed by atoms with Gasteiger partial charge < -0.3 is 18.9 Å². The number of nitro benzene ring substituents is 1. The number of hydrogen-bond acceptors (Lipinski definition) is 6. The molecule has 0 saturated carbocycles. The standard InChI is InChI=1S/C18H28INO6/c19-9-3-1-2-4-10-23-11-12-24-13-14-25-15-16-26-18-7-5-17(6-8-18)20(21)22/h5-8H,1-4,9-16H2. The third-order valence-electron chi connectivity index (χ3n) is 3.46. The minimum atomic E-state index is -0.439. The van der Waals surface area contributed by atoms with Crippen LogP contribution in [0.5, 0.6) is 5.75 Å². The monoisotopic (exact) mass is 481 g/mol. The summed E-state index contributed by atoms with van der Waals surface area (Å²) in [7, 11) is 0. The highest BCUT2D eigenvalue weighted by Crippen LogP contribution is 2.17. The average molecular weight is 481 g/mol. The smallest absolute Gasteiger partial charge is 0.269 e. The van der Waals surface area contributed by atoms with Crippen LogP contribution in [0.2, 0.25) is 0 Å². The lowest BCUT2D eigenvalue weighted by molar-refractivity contribution is -0.384. The fourth-order valence-electron chi connectivity index (χ4n) is 2.08. The van der Waals surface area contributed by atoms with Crippen LogP contribution in [-0.4, -0.2) is 55.6 Å². The molecule has 1 rings (SSSR count). The van der Waals surface area contributed by atoms with Gasteiger partial charge in [0.1, 0.15) is 12.4 Å². The first kappa shape index (κ1) is 23.1. The summed E-state index contributed by atoms with van der Waals surface area (Å²) in [5.41, 5.74) is 0.0472. The Balaban J connectivity index is 1.83. The van der Waals surface area contributed by atoms with Crippen LogP contribution in [0.4, 0.5) is 5.69 Å². The Hall–Kier alpha value is -0.970. The van der Waals surface area contributed by atoms with E-state index in [9.17, 15) is 10.1 Å². The summed E-state index contributed by atoms with van der Waals surface area (Å²) in [5.74, 6) is 0.585. The topological polar surface area (TPSA) is 80.1 Å². The van der Waals surface area contributed by atoms with Gasteiger partial charge in [-0.3, -0.25) is 10.1 Å². The van der Waals surface area contributed by atoms with Crippen molar-refractivity contribution >= 4 is 28.3 Å². The summed E-state index contributed by atoms with van der Waals surface area (Å²) in [6, 6.07) is 5.98. The molecule has 0 unspecified atom stereocenters. The zero-order valence-electron chi connectivity index (χ0n) is 15.1. The van der Waals surface area contributed by atoms with Gasteiger partial charge in [-0.15, -0.1) is 0 Å². The van der Waals surface area contributed by atoms with Crippen LogP contribution >= 0.6 is 22.6 Å². The average Bonchev–Trinajstić information content (AvgIpc) is 2.65. The highest BCUT2D eigenvalue weighted by atomic mass is 127. The Morgan fingerprint density at radius 3 is 1.88 bits per heavy atom. The summed E-state index contributed by atoms with van der Waals surface area (Å²) in [6.07, 6.45) is 4.94. The lowest BCUT2D eigenvalue weighted by Crippen LogP contribution is -2.13. The van der Waals surface area contributed by atoms with Crippen LogP contribution in [-0.2, 0) is 14.2 Å². The fraction of sp³-hybridized carbons (Fsp3) is 0.667. The van der Waals surface area contributed by atoms with Crippen molar-refractivity contribution < 1.29 is 23.9 Å². The van der Waals surface area contributed by atoms with Gasteiger partial charge in [0, 0.05) is 18.7 Å². The molecular weight excluding hydrogens is 453 g/mol. The molecule has 0 atom stereocenters. The number of rotatable bonds is 17. The predicted octanol–water partition coefficient (Wildman–Crippen LogP) is 4.02. The number of ether oxygens (including phenoxy) is 4. The van der Waals surface area contributed by atoms with Gasteiger partial charge >= 0.3 is 0 Å². The van der Waals surface area contributed by atoms with Gasteiger partial charge in [0.2, 0.25) is 0 Å². The molecule has 148 valence electrons. The predicted molar refractivity (Wildman–Crippen MR) is 108 cm³/mol. The molecule has 7 nitrogen and oxygen atoms in total. The highest BCUT2D eigenvalue weighted by molar-refractivity contribution is 14.1. The van der Waals surface area contributed by atoms with Crippen LogP contribution in [0.15, 0.2) is 24.3 Å². The molecule has 0 bridgehead atoms. The number of nitrogens with zero attached hydrogens (tertiary/aromatic N) is 1. The van der Waals surface area contributed by atoms with Gasteiger partial charge in [-0.1, -0.05) is 35.4 Å². The zero-order valence-corrected chi connectivity index (χ0v) is 17.2. The maximum absolute atomic E-state index is 10.5. The number of hydrogen-bond donors (Lipinski definition) is 0. The van der Waals surface area contributed by atoms with E-state index in [2.05, 4.69) is 22.6 Å². The highest BCUT2D eigenvalue weighted by Gasteiger charge is 2.04. The summed E-state index contributed by atoms with van der Waals surface area (Å²) in [4.78, 5) is 10.1. The van der Waals surface area contributed by atoms with Crippen LogP contribution in [0.25, 0.3) is 0 Å². The summed E-state index contributed by atoms with van der Waals surface area (Å²) < 4.78 is 23.0. The molecule has 0 saturated heterocycles. The number of halogens is 1. The second-order valence-corrected chi connectivity index (χ2v) is 6.62. The Morgan fingerprint density at radius 2 is 1.31 bits per heavy atom. The Bertz CT molecular complexity index is 471.